The van der Waals surface area contributed by atoms with Crippen molar-refractivity contribution in [1.29, 1.82) is 0 Å². The minimum absolute atomic E-state index is 0.0575. The number of hydrogen-bond acceptors (Lipinski definition) is 6. The smallest absolute Gasteiger partial charge is 0.290 e. The van der Waals surface area contributed by atoms with Crippen LogP contribution in [-0.2, 0) is 9.53 Å². The average Bonchev–Trinajstić information content (AvgIpc) is 3.03. The van der Waals surface area contributed by atoms with E-state index >= 15 is 0 Å². The fraction of sp³-hybridized carbons (Fsp3) is 0.688. The van der Waals surface area contributed by atoms with Crippen LogP contribution >= 0.6 is 0 Å². The summed E-state index contributed by atoms with van der Waals surface area (Å²) in [6, 6.07) is 1.62. The standard InChI is InChI=1S/C15H23N3O3.CH2O2/c19-15(14-5-10-21-16-14)18-8-4-9-20-13(12-18)11-17-6-2-1-3-7-17;2-1-3/h5,10,13H,1-4,6-9,11-12H2;1H,(H,2,3). The Labute approximate surface area is 141 Å². The SMILES string of the molecule is O=C(c1ccon1)N1CCCOC(CN2CCCCC2)C1.O=CO. The fourth-order valence-corrected chi connectivity index (χ4v) is 3.10. The zero-order valence-corrected chi connectivity index (χ0v) is 13.8. The van der Waals surface area contributed by atoms with Gasteiger partial charge in [-0.1, -0.05) is 11.6 Å². The first-order chi connectivity index (χ1) is 11.7. The van der Waals surface area contributed by atoms with E-state index in [1.165, 1.54) is 25.5 Å². The van der Waals surface area contributed by atoms with Gasteiger partial charge in [-0.05, 0) is 32.4 Å². The van der Waals surface area contributed by atoms with Crippen LogP contribution in [0.1, 0.15) is 36.2 Å². The molecular weight excluding hydrogens is 314 g/mol. The van der Waals surface area contributed by atoms with E-state index in [0.29, 0.717) is 12.2 Å². The molecule has 24 heavy (non-hydrogen) atoms. The molecule has 3 heterocycles. The lowest BCUT2D eigenvalue weighted by Gasteiger charge is -2.31. The fourth-order valence-electron chi connectivity index (χ4n) is 3.10. The summed E-state index contributed by atoms with van der Waals surface area (Å²) in [5.41, 5.74) is 0.383. The van der Waals surface area contributed by atoms with Gasteiger partial charge in [0.25, 0.3) is 12.4 Å². The van der Waals surface area contributed by atoms with Gasteiger partial charge in [0.2, 0.25) is 0 Å². The van der Waals surface area contributed by atoms with E-state index in [0.717, 1.165) is 39.2 Å². The predicted octanol–water partition coefficient (Wildman–Crippen LogP) is 1.09. The van der Waals surface area contributed by atoms with E-state index in [4.69, 9.17) is 19.2 Å². The molecule has 2 fully saturated rings. The van der Waals surface area contributed by atoms with Crippen LogP contribution in [0.3, 0.4) is 0 Å². The molecule has 0 bridgehead atoms. The number of ether oxygens (including phenoxy) is 1. The molecule has 8 heteroatoms. The van der Waals surface area contributed by atoms with Gasteiger partial charge >= 0.3 is 0 Å². The maximum Gasteiger partial charge on any atom is 0.290 e. The number of nitrogens with zero attached hydrogens (tertiary/aromatic N) is 3. The number of rotatable bonds is 3. The minimum atomic E-state index is -0.250. The summed E-state index contributed by atoms with van der Waals surface area (Å²) in [6.07, 6.45) is 6.29. The summed E-state index contributed by atoms with van der Waals surface area (Å²) < 4.78 is 10.7. The molecule has 1 aromatic rings. The van der Waals surface area contributed by atoms with Crippen LogP contribution in [-0.4, -0.2) is 77.9 Å². The highest BCUT2D eigenvalue weighted by atomic mass is 16.5. The van der Waals surface area contributed by atoms with Gasteiger partial charge in [0.05, 0.1) is 6.10 Å². The molecule has 1 amide bonds. The van der Waals surface area contributed by atoms with E-state index in [1.807, 2.05) is 4.90 Å². The van der Waals surface area contributed by atoms with Crippen LogP contribution in [0.4, 0.5) is 0 Å². The summed E-state index contributed by atoms with van der Waals surface area (Å²) in [7, 11) is 0. The molecule has 0 saturated carbocycles. The normalized spacial score (nSPS) is 22.2. The van der Waals surface area contributed by atoms with E-state index < -0.39 is 0 Å². The van der Waals surface area contributed by atoms with Crippen molar-refractivity contribution in [2.45, 2.75) is 31.8 Å². The lowest BCUT2D eigenvalue weighted by molar-refractivity contribution is -0.122. The molecule has 3 rings (SSSR count). The van der Waals surface area contributed by atoms with Crippen molar-refractivity contribution in [2.24, 2.45) is 0 Å². The number of carboxylic acid groups (broad SMARTS) is 1. The highest BCUT2D eigenvalue weighted by molar-refractivity contribution is 5.92. The number of aromatic nitrogens is 1. The second-order valence-corrected chi connectivity index (χ2v) is 5.95. The molecule has 1 atom stereocenters. The molecule has 2 aliphatic rings. The molecule has 1 aromatic heterocycles. The third-order valence-electron chi connectivity index (χ3n) is 4.20. The summed E-state index contributed by atoms with van der Waals surface area (Å²) >= 11 is 0. The largest absolute Gasteiger partial charge is 0.483 e. The Morgan fingerprint density at radius 3 is 2.71 bits per heavy atom. The summed E-state index contributed by atoms with van der Waals surface area (Å²) in [4.78, 5) is 25.1. The predicted molar refractivity (Wildman–Crippen MR) is 85.7 cm³/mol. The van der Waals surface area contributed by atoms with Crippen molar-refractivity contribution in [1.82, 2.24) is 15.0 Å². The minimum Gasteiger partial charge on any atom is -0.483 e. The van der Waals surface area contributed by atoms with Gasteiger partial charge in [0.1, 0.15) is 6.26 Å². The molecule has 2 aliphatic heterocycles. The Bertz CT molecular complexity index is 488. The molecule has 0 aromatic carbocycles. The van der Waals surface area contributed by atoms with Gasteiger partial charge in [-0.15, -0.1) is 0 Å². The zero-order valence-electron chi connectivity index (χ0n) is 13.8. The number of piperidine rings is 1. The molecule has 1 unspecified atom stereocenters. The lowest BCUT2D eigenvalue weighted by Crippen LogP contribution is -2.43. The Morgan fingerprint density at radius 2 is 2.04 bits per heavy atom. The second kappa shape index (κ2) is 10.0. The van der Waals surface area contributed by atoms with E-state index in [-0.39, 0.29) is 18.5 Å². The number of carbonyl (C=O) groups excluding carboxylic acids is 1. The van der Waals surface area contributed by atoms with Crippen LogP contribution in [0, 0.1) is 0 Å². The Balaban J connectivity index is 0.000000647. The van der Waals surface area contributed by atoms with E-state index in [2.05, 4.69) is 10.1 Å². The van der Waals surface area contributed by atoms with Crippen LogP contribution in [0.15, 0.2) is 16.9 Å². The monoisotopic (exact) mass is 339 g/mol. The molecule has 0 radical (unpaired) electrons. The number of likely N-dealkylation sites (tertiary alicyclic amines) is 1. The third kappa shape index (κ3) is 5.61. The van der Waals surface area contributed by atoms with Crippen molar-refractivity contribution in [3.8, 4) is 0 Å². The summed E-state index contributed by atoms with van der Waals surface area (Å²) in [6.45, 7) is 5.06. The van der Waals surface area contributed by atoms with E-state index in [9.17, 15) is 4.79 Å². The Morgan fingerprint density at radius 1 is 1.29 bits per heavy atom. The van der Waals surface area contributed by atoms with Crippen molar-refractivity contribution < 1.29 is 24.0 Å². The molecule has 1 N–H and O–H groups in total. The molecule has 0 spiro atoms. The first-order valence-electron chi connectivity index (χ1n) is 8.36. The molecular formula is C16H25N3O5. The second-order valence-electron chi connectivity index (χ2n) is 5.95. The number of carbonyl (C=O) groups is 2. The van der Waals surface area contributed by atoms with Gasteiger partial charge in [0.15, 0.2) is 5.69 Å². The Kier molecular flexibility index (Phi) is 7.70. The van der Waals surface area contributed by atoms with Gasteiger partial charge < -0.3 is 24.2 Å². The maximum atomic E-state index is 12.4. The molecule has 134 valence electrons. The molecule has 0 aliphatic carbocycles. The lowest BCUT2D eigenvalue weighted by atomic mass is 10.1. The van der Waals surface area contributed by atoms with Crippen LogP contribution in [0.25, 0.3) is 0 Å². The van der Waals surface area contributed by atoms with Crippen LogP contribution in [0.5, 0.6) is 0 Å². The average molecular weight is 339 g/mol. The maximum absolute atomic E-state index is 12.4. The van der Waals surface area contributed by atoms with Gasteiger partial charge in [-0.25, -0.2) is 0 Å². The van der Waals surface area contributed by atoms with Gasteiger partial charge in [-0.3, -0.25) is 9.59 Å². The van der Waals surface area contributed by atoms with Crippen LogP contribution in [0.2, 0.25) is 0 Å². The molecule has 8 nitrogen and oxygen atoms in total. The third-order valence-corrected chi connectivity index (χ3v) is 4.20. The van der Waals surface area contributed by atoms with Gasteiger partial charge in [-0.2, -0.15) is 0 Å². The first kappa shape index (κ1) is 18.4. The highest BCUT2D eigenvalue weighted by Crippen LogP contribution is 2.14. The summed E-state index contributed by atoms with van der Waals surface area (Å²) in [5, 5.41) is 10.6. The van der Waals surface area contributed by atoms with Crippen molar-refractivity contribution in [3.05, 3.63) is 18.0 Å². The van der Waals surface area contributed by atoms with Crippen LogP contribution < -0.4 is 0 Å². The van der Waals surface area contributed by atoms with Gasteiger partial charge in [0, 0.05) is 32.3 Å². The van der Waals surface area contributed by atoms with Crippen molar-refractivity contribution in [3.63, 3.8) is 0 Å². The van der Waals surface area contributed by atoms with Crippen molar-refractivity contribution in [2.75, 3.05) is 39.3 Å². The topological polar surface area (TPSA) is 96.1 Å². The number of amides is 1. The highest BCUT2D eigenvalue weighted by Gasteiger charge is 2.26. The molecule has 2 saturated heterocycles. The zero-order chi connectivity index (χ0) is 17.2. The summed E-state index contributed by atoms with van der Waals surface area (Å²) in [5.74, 6) is -0.0575. The first-order valence-corrected chi connectivity index (χ1v) is 8.36. The quantitative estimate of drug-likeness (QED) is 0.824. The number of hydrogen-bond donors (Lipinski definition) is 1. The van der Waals surface area contributed by atoms with E-state index in [1.54, 1.807) is 6.07 Å². The van der Waals surface area contributed by atoms with Crippen molar-refractivity contribution >= 4 is 12.4 Å². The Hall–Kier alpha value is -1.93.